The Hall–Kier alpha value is -11.8. The van der Waals surface area contributed by atoms with Gasteiger partial charge >= 0.3 is 71.6 Å². The summed E-state index contributed by atoms with van der Waals surface area (Å²) in [6.07, 6.45) is -0.643. The molecule has 0 aliphatic heterocycles. The Kier molecular flexibility index (Phi) is 68.9. The van der Waals surface area contributed by atoms with Crippen molar-refractivity contribution in [2.24, 2.45) is 0 Å². The number of carbonyl (C=O) groups excluding carboxylic acids is 22. The highest BCUT2D eigenvalue weighted by atomic mass is 16.6. The third kappa shape index (κ3) is 80.0. The van der Waals surface area contributed by atoms with Gasteiger partial charge < -0.3 is 110 Å². The van der Waals surface area contributed by atoms with Crippen molar-refractivity contribution in [3.05, 3.63) is 95.1 Å². The second-order valence-electron chi connectivity index (χ2n) is 30.2. The number of ether oxygens (including phenoxy) is 12. The van der Waals surface area contributed by atoms with Crippen LogP contribution in [-0.4, -0.2) is 217 Å². The van der Waals surface area contributed by atoms with E-state index >= 15 is 0 Å². The zero-order valence-corrected chi connectivity index (χ0v) is 76.6. The van der Waals surface area contributed by atoms with Gasteiger partial charge in [-0.05, 0) is 132 Å². The van der Waals surface area contributed by atoms with Gasteiger partial charge in [-0.2, -0.15) is 0 Å². The molecule has 0 heterocycles. The maximum atomic E-state index is 11.9. The van der Waals surface area contributed by atoms with Crippen LogP contribution in [0.1, 0.15) is 273 Å². The molecule has 2 aromatic carbocycles. The predicted molar refractivity (Wildman–Crippen MR) is 458 cm³/mol. The Morgan fingerprint density at radius 1 is 0.273 bits per heavy atom. The lowest BCUT2D eigenvalue weighted by molar-refractivity contribution is -0.167. The van der Waals surface area contributed by atoms with Crippen LogP contribution in [0.4, 0.5) is 0 Å². The van der Waals surface area contributed by atoms with E-state index in [0.717, 1.165) is 33.4 Å². The summed E-state index contributed by atoms with van der Waals surface area (Å²) in [6.45, 7) is 28.6. The lowest BCUT2D eigenvalue weighted by Crippen LogP contribution is -2.41. The van der Waals surface area contributed by atoms with Crippen LogP contribution in [-0.2, 0) is 189 Å². The lowest BCUT2D eigenvalue weighted by atomic mass is 10.1. The molecule has 2 aromatic rings. The van der Waals surface area contributed by atoms with E-state index in [1.54, 1.807) is 13.8 Å². The van der Waals surface area contributed by atoms with Crippen LogP contribution >= 0.6 is 0 Å². The number of hydrogen-bond acceptors (Lipinski definition) is 36. The summed E-state index contributed by atoms with van der Waals surface area (Å²) in [4.78, 5) is 249. The number of ketones is 10. The molecule has 128 heavy (non-hydrogen) atoms. The van der Waals surface area contributed by atoms with Gasteiger partial charge in [-0.1, -0.05) is 59.7 Å². The Bertz CT molecular complexity index is 3750. The average molecular weight is 1810 g/mol. The molecule has 36 nitrogen and oxygen atoms in total. The van der Waals surface area contributed by atoms with E-state index in [2.05, 4.69) is 13.2 Å². The fraction of sp³-hybridized carbons (Fsp3) is 0.587. The highest BCUT2D eigenvalue weighted by Gasteiger charge is 2.24. The fourth-order valence-electron chi connectivity index (χ4n) is 9.35. The zero-order valence-electron chi connectivity index (χ0n) is 76.6. The zero-order chi connectivity index (χ0) is 97.7. The maximum absolute atomic E-state index is 11.9. The monoisotopic (exact) mass is 1810 g/mol. The molecular weight excluding hydrogens is 1680 g/mol. The summed E-state index contributed by atoms with van der Waals surface area (Å²) < 4.78 is 60.8. The predicted octanol–water partition coefficient (Wildman–Crippen LogP) is 10.1. The van der Waals surface area contributed by atoms with Crippen LogP contribution in [0.5, 0.6) is 0 Å². The molecule has 0 aliphatic rings. The number of benzene rings is 2. The molecule has 0 saturated carbocycles. The first-order valence-electron chi connectivity index (χ1n) is 41.8. The van der Waals surface area contributed by atoms with Crippen molar-refractivity contribution in [2.45, 2.75) is 302 Å². The van der Waals surface area contributed by atoms with Gasteiger partial charge in [-0.15, -0.1) is 13.2 Å². The summed E-state index contributed by atoms with van der Waals surface area (Å²) in [6, 6.07) is 14.6. The molecule has 0 aliphatic carbocycles. The summed E-state index contributed by atoms with van der Waals surface area (Å²) in [7, 11) is 0. The SMILES string of the molecule is C=C(C)CCC(=O)OCc1ccc(COC(=O)CCC(C)=O)cc1.C=C(C)CCC(=O)OCc1ccccc1COC(=O)CCC(C)=O.CC(=O)CCC(=O)OCC(COC(=O)CCC(C)=O)OC(=O)CCC(C)=O.CC(=O)CCC(=O)OCC(O)COC(=O)CCC(C)=O.CC(=O)CCC(=O)OCCN(CC(C)OC(=O)CCC(C)=O)CC(C)OC(=O)CCC(C)=O. The molecule has 0 saturated heterocycles. The highest BCUT2D eigenvalue weighted by molar-refractivity contribution is 5.86. The van der Waals surface area contributed by atoms with E-state index in [1.807, 2.05) is 67.3 Å². The number of allylic oxidation sites excluding steroid dienone is 2. The summed E-state index contributed by atoms with van der Waals surface area (Å²) >= 11 is 0. The normalized spacial score (nSPS) is 10.8. The second-order valence-corrected chi connectivity index (χ2v) is 30.2. The largest absolute Gasteiger partial charge is 0.464 e. The van der Waals surface area contributed by atoms with Gasteiger partial charge in [0.25, 0.3) is 0 Å². The molecule has 0 fully saturated rings. The van der Waals surface area contributed by atoms with E-state index in [1.165, 1.54) is 69.2 Å². The van der Waals surface area contributed by atoms with Crippen molar-refractivity contribution >= 4 is 129 Å². The molecule has 0 bridgehead atoms. The minimum absolute atomic E-state index is 0.00233. The van der Waals surface area contributed by atoms with Gasteiger partial charge in [-0.3, -0.25) is 62.4 Å². The Morgan fingerprint density at radius 3 is 0.750 bits per heavy atom. The van der Waals surface area contributed by atoms with Gasteiger partial charge in [0.05, 0.1) is 64.2 Å². The van der Waals surface area contributed by atoms with E-state index in [-0.39, 0.29) is 283 Å². The molecule has 2 atom stereocenters. The average Bonchev–Trinajstić information content (AvgIpc) is 0.939. The minimum Gasteiger partial charge on any atom is -0.464 e. The first-order chi connectivity index (χ1) is 60.0. The molecule has 0 amide bonds. The number of Topliss-reactive ketones (excluding diaryl/α,β-unsaturated/α-hetero) is 10. The van der Waals surface area contributed by atoms with Crippen LogP contribution in [0.15, 0.2) is 72.8 Å². The van der Waals surface area contributed by atoms with Crippen molar-refractivity contribution in [3.8, 4) is 0 Å². The lowest BCUT2D eigenvalue weighted by Gasteiger charge is -2.28. The standard InChI is InChI=1S/C23H37NO9.2C19H24O5.C18H26O9.C13H20O7/c1-16(25)6-9-21(28)31-13-12-24(14-19(4)32-22(29)10-7-17(2)26)15-20(5)33-23(30)11-8-18(3)27;1-14(2)4-10-18(21)23-12-16-6-8-17(9-7-16)13-24-19(22)11-5-15(3)20;1-14(2)8-10-18(21)23-12-16-6-4-5-7-17(16)13-24-19(22)11-9-15(3)20;1-12(19)4-7-16(22)25-10-15(27-18(24)9-6-14(3)21)11-26-17(23)8-5-13(2)20;1-9(14)3-5-12(17)19-7-11(16)8-20-13(18)6-4-10(2)15/h19-20H,6-15H2,1-5H3;6-9H,1,4-5,10-13H2,2-3H3;4-7H,1,8-13H2,2-3H3;15H,4-11H2,1-3H3;11,16H,3-8H2,1-2H3. The van der Waals surface area contributed by atoms with Gasteiger partial charge in [0.1, 0.15) is 136 Å². The van der Waals surface area contributed by atoms with Crippen molar-refractivity contribution in [1.29, 1.82) is 0 Å². The topological polar surface area (TPSA) is 510 Å². The van der Waals surface area contributed by atoms with Gasteiger partial charge in [0, 0.05) is 96.7 Å². The van der Waals surface area contributed by atoms with Gasteiger partial charge in [0.15, 0.2) is 6.10 Å². The van der Waals surface area contributed by atoms with Crippen molar-refractivity contribution < 1.29 is 167 Å². The smallest absolute Gasteiger partial charge is 0.306 e. The molecule has 36 heteroatoms. The number of rotatable bonds is 62. The molecular formula is C92H131NO35. The van der Waals surface area contributed by atoms with E-state index in [9.17, 15) is 111 Å². The highest BCUT2D eigenvalue weighted by Crippen LogP contribution is 2.16. The van der Waals surface area contributed by atoms with Crippen molar-refractivity contribution in [1.82, 2.24) is 4.90 Å². The number of esters is 12. The molecule has 0 spiro atoms. The Morgan fingerprint density at radius 2 is 0.492 bits per heavy atom. The van der Waals surface area contributed by atoms with Crippen LogP contribution in [0, 0.1) is 0 Å². The van der Waals surface area contributed by atoms with Crippen molar-refractivity contribution in [3.63, 3.8) is 0 Å². The third-order valence-corrected chi connectivity index (χ3v) is 16.4. The molecule has 2 unspecified atom stereocenters. The maximum Gasteiger partial charge on any atom is 0.306 e. The molecule has 0 aromatic heterocycles. The van der Waals surface area contributed by atoms with Crippen LogP contribution in [0.2, 0.25) is 0 Å². The summed E-state index contributed by atoms with van der Waals surface area (Å²) in [5.41, 5.74) is 5.16. The van der Waals surface area contributed by atoms with Gasteiger partial charge in [0.2, 0.25) is 0 Å². The van der Waals surface area contributed by atoms with Gasteiger partial charge in [-0.25, -0.2) is 0 Å². The second kappa shape index (κ2) is 73.2. The van der Waals surface area contributed by atoms with E-state index in [0.29, 0.717) is 25.7 Å². The Balaban J connectivity index is -0.00000154. The summed E-state index contributed by atoms with van der Waals surface area (Å²) in [5, 5.41) is 9.41. The fourth-order valence-corrected chi connectivity index (χ4v) is 9.35. The van der Waals surface area contributed by atoms with E-state index < -0.39 is 78.1 Å². The molecule has 714 valence electrons. The Labute approximate surface area is 748 Å². The van der Waals surface area contributed by atoms with Crippen LogP contribution in [0.25, 0.3) is 0 Å². The third-order valence-electron chi connectivity index (χ3n) is 16.4. The molecule has 2 rings (SSSR count). The minimum atomic E-state index is -1.13. The first kappa shape index (κ1) is 120. The molecule has 0 radical (unpaired) electrons. The van der Waals surface area contributed by atoms with Crippen molar-refractivity contribution in [2.75, 3.05) is 52.7 Å². The number of nitrogens with zero attached hydrogens (tertiary/aromatic N) is 1. The number of hydrogen-bond donors (Lipinski definition) is 1. The van der Waals surface area contributed by atoms with E-state index in [4.69, 9.17) is 56.8 Å². The first-order valence-corrected chi connectivity index (χ1v) is 41.8. The summed E-state index contributed by atoms with van der Waals surface area (Å²) in [5.74, 6) is -7.16. The van der Waals surface area contributed by atoms with Crippen LogP contribution in [0.3, 0.4) is 0 Å². The van der Waals surface area contributed by atoms with Crippen LogP contribution < -0.4 is 0 Å². The molecule has 1 N–H and O–H groups in total. The quantitative estimate of drug-likeness (QED) is 0.0365. The number of aliphatic hydroxyl groups excluding tert-OH is 1. The number of aliphatic hydroxyl groups is 1. The number of carbonyl (C=O) groups is 22.